The van der Waals surface area contributed by atoms with Crippen LogP contribution in [0.4, 0.5) is 11.4 Å². The standard InChI is InChI=1S/C10H7ClN4O2S/c11-8-3-1-2-4-9(8)13-10(18)14-6-7(5-12-14)15(16)17/h1-6H,(H,13,18). The third-order valence-corrected chi connectivity index (χ3v) is 2.72. The van der Waals surface area contributed by atoms with Crippen LogP contribution in [0.25, 0.3) is 0 Å². The van der Waals surface area contributed by atoms with Gasteiger partial charge in [0.05, 0.1) is 15.6 Å². The molecule has 2 aromatic rings. The number of para-hydroxylation sites is 1. The lowest BCUT2D eigenvalue weighted by Crippen LogP contribution is -2.19. The number of hydrogen-bond acceptors (Lipinski definition) is 4. The molecule has 0 spiro atoms. The van der Waals surface area contributed by atoms with Gasteiger partial charge in [-0.05, 0) is 24.4 Å². The molecule has 0 unspecified atom stereocenters. The first-order valence-corrected chi connectivity index (χ1v) is 5.61. The molecule has 1 N–H and O–H groups in total. The molecule has 8 heteroatoms. The van der Waals surface area contributed by atoms with Crippen LogP contribution in [-0.4, -0.2) is 19.8 Å². The van der Waals surface area contributed by atoms with E-state index in [1.807, 2.05) is 0 Å². The number of benzene rings is 1. The van der Waals surface area contributed by atoms with Gasteiger partial charge in [0.1, 0.15) is 12.4 Å². The van der Waals surface area contributed by atoms with Crippen LogP contribution in [-0.2, 0) is 0 Å². The SMILES string of the molecule is O=[N+]([O-])c1cnn(C(=S)Nc2ccccc2Cl)c1. The summed E-state index contributed by atoms with van der Waals surface area (Å²) in [6.45, 7) is 0. The van der Waals surface area contributed by atoms with Crippen molar-refractivity contribution in [2.24, 2.45) is 0 Å². The Kier molecular flexibility index (Phi) is 3.54. The molecule has 1 aromatic carbocycles. The molecule has 0 atom stereocenters. The van der Waals surface area contributed by atoms with Crippen molar-refractivity contribution in [1.82, 2.24) is 9.78 Å². The Bertz CT molecular complexity index is 613. The number of nitrogens with zero attached hydrogens (tertiary/aromatic N) is 3. The number of nitro groups is 1. The Morgan fingerprint density at radius 1 is 1.50 bits per heavy atom. The molecule has 0 radical (unpaired) electrons. The summed E-state index contributed by atoms with van der Waals surface area (Å²) in [5.74, 6) is 0. The smallest absolute Gasteiger partial charge is 0.307 e. The van der Waals surface area contributed by atoms with Gasteiger partial charge in [-0.15, -0.1) is 0 Å². The lowest BCUT2D eigenvalue weighted by Gasteiger charge is -2.08. The normalized spacial score (nSPS) is 10.1. The maximum absolute atomic E-state index is 10.5. The van der Waals surface area contributed by atoms with Gasteiger partial charge in [-0.3, -0.25) is 10.1 Å². The van der Waals surface area contributed by atoms with Crippen LogP contribution in [0.1, 0.15) is 0 Å². The summed E-state index contributed by atoms with van der Waals surface area (Å²) in [6, 6.07) is 7.03. The van der Waals surface area contributed by atoms with Crippen molar-refractivity contribution in [2.45, 2.75) is 0 Å². The fourth-order valence-electron chi connectivity index (χ4n) is 1.25. The van der Waals surface area contributed by atoms with Gasteiger partial charge in [-0.2, -0.15) is 5.10 Å². The molecule has 0 aliphatic heterocycles. The number of anilines is 1. The van der Waals surface area contributed by atoms with Gasteiger partial charge in [-0.25, -0.2) is 4.68 Å². The summed E-state index contributed by atoms with van der Waals surface area (Å²) in [7, 11) is 0. The van der Waals surface area contributed by atoms with Crippen LogP contribution in [0.15, 0.2) is 36.7 Å². The number of thiocarbonyl (C=S) groups is 1. The van der Waals surface area contributed by atoms with Gasteiger partial charge < -0.3 is 5.32 Å². The number of halogens is 1. The Labute approximate surface area is 112 Å². The van der Waals surface area contributed by atoms with E-state index in [0.717, 1.165) is 6.20 Å². The fourth-order valence-corrected chi connectivity index (χ4v) is 1.65. The highest BCUT2D eigenvalue weighted by atomic mass is 35.5. The van der Waals surface area contributed by atoms with E-state index in [9.17, 15) is 10.1 Å². The van der Waals surface area contributed by atoms with Crippen LogP contribution >= 0.6 is 23.8 Å². The molecule has 1 heterocycles. The average molecular weight is 283 g/mol. The summed E-state index contributed by atoms with van der Waals surface area (Å²) in [6.07, 6.45) is 2.35. The quantitative estimate of drug-likeness (QED) is 0.521. The first kappa shape index (κ1) is 12.5. The van der Waals surface area contributed by atoms with Crippen molar-refractivity contribution in [3.05, 3.63) is 51.8 Å². The molecule has 92 valence electrons. The van der Waals surface area contributed by atoms with Gasteiger partial charge in [-0.1, -0.05) is 23.7 Å². The van der Waals surface area contributed by atoms with E-state index in [4.69, 9.17) is 23.8 Å². The lowest BCUT2D eigenvalue weighted by atomic mass is 10.3. The second-order valence-corrected chi connectivity index (χ2v) is 4.10. The second-order valence-electron chi connectivity index (χ2n) is 3.31. The van der Waals surface area contributed by atoms with Crippen molar-refractivity contribution in [3.63, 3.8) is 0 Å². The summed E-state index contributed by atoms with van der Waals surface area (Å²) < 4.78 is 1.21. The van der Waals surface area contributed by atoms with Crippen molar-refractivity contribution in [1.29, 1.82) is 0 Å². The minimum Gasteiger partial charge on any atom is -0.330 e. The molecule has 0 saturated heterocycles. The first-order valence-electron chi connectivity index (χ1n) is 4.83. The van der Waals surface area contributed by atoms with Gasteiger partial charge >= 0.3 is 5.69 Å². The predicted molar refractivity (Wildman–Crippen MR) is 72.0 cm³/mol. The summed E-state index contributed by atoms with van der Waals surface area (Å²) >= 11 is 11.0. The number of aromatic nitrogens is 2. The number of rotatable bonds is 2. The maximum Gasteiger partial charge on any atom is 0.307 e. The lowest BCUT2D eigenvalue weighted by molar-refractivity contribution is -0.384. The van der Waals surface area contributed by atoms with E-state index in [2.05, 4.69) is 10.4 Å². The minimum atomic E-state index is -0.540. The highest BCUT2D eigenvalue weighted by Gasteiger charge is 2.11. The summed E-state index contributed by atoms with van der Waals surface area (Å²) in [5, 5.41) is 17.9. The Morgan fingerprint density at radius 3 is 2.83 bits per heavy atom. The van der Waals surface area contributed by atoms with E-state index >= 15 is 0 Å². The zero-order chi connectivity index (χ0) is 13.1. The zero-order valence-corrected chi connectivity index (χ0v) is 10.5. The molecule has 0 aliphatic carbocycles. The molecule has 6 nitrogen and oxygen atoms in total. The van der Waals surface area contributed by atoms with Gasteiger partial charge in [0, 0.05) is 0 Å². The molecular weight excluding hydrogens is 276 g/mol. The molecular formula is C10H7ClN4O2S. The number of hydrogen-bond donors (Lipinski definition) is 1. The minimum absolute atomic E-state index is 0.127. The molecule has 0 bridgehead atoms. The predicted octanol–water partition coefficient (Wildman–Crippen LogP) is 2.69. The third-order valence-electron chi connectivity index (χ3n) is 2.10. The largest absolute Gasteiger partial charge is 0.330 e. The van der Waals surface area contributed by atoms with E-state index in [1.165, 1.54) is 10.9 Å². The molecule has 0 aliphatic rings. The second kappa shape index (κ2) is 5.11. The van der Waals surface area contributed by atoms with E-state index in [1.54, 1.807) is 24.3 Å². The maximum atomic E-state index is 10.5. The highest BCUT2D eigenvalue weighted by molar-refractivity contribution is 7.80. The Morgan fingerprint density at radius 2 is 2.22 bits per heavy atom. The van der Waals surface area contributed by atoms with Crippen LogP contribution in [0.3, 0.4) is 0 Å². The zero-order valence-electron chi connectivity index (χ0n) is 8.91. The van der Waals surface area contributed by atoms with Crippen molar-refractivity contribution in [3.8, 4) is 0 Å². The molecule has 1 aromatic heterocycles. The molecule has 0 amide bonds. The first-order chi connectivity index (χ1) is 8.58. The highest BCUT2D eigenvalue weighted by Crippen LogP contribution is 2.20. The summed E-state index contributed by atoms with van der Waals surface area (Å²) in [5.41, 5.74) is 0.487. The average Bonchev–Trinajstić information content (AvgIpc) is 2.81. The van der Waals surface area contributed by atoms with Gasteiger partial charge in [0.2, 0.25) is 0 Å². The molecule has 2 rings (SSSR count). The van der Waals surface area contributed by atoms with Crippen LogP contribution < -0.4 is 5.32 Å². The topological polar surface area (TPSA) is 73.0 Å². The number of nitrogens with one attached hydrogen (secondary N) is 1. The monoisotopic (exact) mass is 282 g/mol. The van der Waals surface area contributed by atoms with Crippen molar-refractivity contribution >= 4 is 40.3 Å². The Hall–Kier alpha value is -1.99. The van der Waals surface area contributed by atoms with Crippen LogP contribution in [0.5, 0.6) is 0 Å². The van der Waals surface area contributed by atoms with E-state index < -0.39 is 4.92 Å². The molecule has 0 saturated carbocycles. The van der Waals surface area contributed by atoms with E-state index in [-0.39, 0.29) is 10.8 Å². The van der Waals surface area contributed by atoms with Crippen molar-refractivity contribution in [2.75, 3.05) is 5.32 Å². The molecule has 18 heavy (non-hydrogen) atoms. The van der Waals surface area contributed by atoms with Gasteiger partial charge in [0.15, 0.2) is 5.11 Å². The van der Waals surface area contributed by atoms with Crippen LogP contribution in [0, 0.1) is 10.1 Å². The fraction of sp³-hybridized carbons (Fsp3) is 0. The van der Waals surface area contributed by atoms with Gasteiger partial charge in [0.25, 0.3) is 0 Å². The summed E-state index contributed by atoms with van der Waals surface area (Å²) in [4.78, 5) is 9.98. The molecule has 0 fully saturated rings. The van der Waals surface area contributed by atoms with E-state index in [0.29, 0.717) is 10.7 Å². The van der Waals surface area contributed by atoms with Crippen molar-refractivity contribution < 1.29 is 4.92 Å². The third kappa shape index (κ3) is 2.63. The Balaban J connectivity index is 2.17. The van der Waals surface area contributed by atoms with Crippen LogP contribution in [0.2, 0.25) is 5.02 Å².